The minimum absolute atomic E-state index is 0.0536. The van der Waals surface area contributed by atoms with Crippen molar-refractivity contribution in [1.82, 2.24) is 9.97 Å². The van der Waals surface area contributed by atoms with Crippen LogP contribution in [0.4, 0.5) is 0 Å². The second kappa shape index (κ2) is 10.9. The van der Waals surface area contributed by atoms with E-state index in [9.17, 15) is 0 Å². The molecule has 46 heavy (non-hydrogen) atoms. The fraction of sp³-hybridized carbons (Fsp3) is 0.227. The minimum Gasteiger partial charge on any atom is -0.255 e. The molecule has 0 fully saturated rings. The van der Waals surface area contributed by atoms with Gasteiger partial charge in [0.2, 0.25) is 0 Å². The molecule has 0 bridgehead atoms. The Morgan fingerprint density at radius 3 is 1.17 bits per heavy atom. The highest BCUT2D eigenvalue weighted by Crippen LogP contribution is 2.54. The maximum Gasteiger partial charge on any atom is 0.0892 e. The average Bonchev–Trinajstić information content (AvgIpc) is 3.58. The molecule has 0 N–H and O–H groups in total. The number of rotatable bonds is 7. The monoisotopic (exact) mass is 596 g/mol. The van der Waals surface area contributed by atoms with Gasteiger partial charge in [0, 0.05) is 23.2 Å². The van der Waals surface area contributed by atoms with Gasteiger partial charge in [-0.2, -0.15) is 0 Å². The maximum atomic E-state index is 4.81. The first-order chi connectivity index (χ1) is 22.6. The molecule has 2 aliphatic rings. The van der Waals surface area contributed by atoms with Crippen LogP contribution in [0.3, 0.4) is 0 Å². The minimum atomic E-state index is 0.0536. The fourth-order valence-electron chi connectivity index (χ4n) is 8.79. The number of nitrogens with zero attached hydrogens (tertiary/aromatic N) is 2. The van der Waals surface area contributed by atoms with Gasteiger partial charge in [-0.25, -0.2) is 0 Å². The summed E-state index contributed by atoms with van der Waals surface area (Å²) in [6.45, 7) is 9.32. The number of hydrogen-bond donors (Lipinski definition) is 0. The summed E-state index contributed by atoms with van der Waals surface area (Å²) < 4.78 is 0. The van der Waals surface area contributed by atoms with Crippen molar-refractivity contribution in [3.05, 3.63) is 144 Å². The Bertz CT molecular complexity index is 1960. The van der Waals surface area contributed by atoms with Crippen LogP contribution in [0.2, 0.25) is 0 Å². The summed E-state index contributed by atoms with van der Waals surface area (Å²) in [6, 6.07) is 40.7. The zero-order chi connectivity index (χ0) is 31.5. The predicted molar refractivity (Wildman–Crippen MR) is 192 cm³/mol. The summed E-state index contributed by atoms with van der Waals surface area (Å²) in [6.07, 6.45) is 8.20. The molecule has 0 radical (unpaired) electrons. The van der Waals surface area contributed by atoms with E-state index in [1.165, 1.54) is 66.8 Å². The summed E-state index contributed by atoms with van der Waals surface area (Å²) in [7, 11) is 0. The van der Waals surface area contributed by atoms with Gasteiger partial charge in [-0.15, -0.1) is 0 Å². The number of hydrogen-bond acceptors (Lipinski definition) is 2. The van der Waals surface area contributed by atoms with Crippen molar-refractivity contribution >= 4 is 0 Å². The van der Waals surface area contributed by atoms with Gasteiger partial charge in [0.15, 0.2) is 0 Å². The van der Waals surface area contributed by atoms with E-state index in [4.69, 9.17) is 9.97 Å². The Labute approximate surface area is 273 Å². The van der Waals surface area contributed by atoms with E-state index in [1.54, 1.807) is 0 Å². The molecule has 4 aromatic carbocycles. The molecular weight excluding hydrogens is 556 g/mol. The first-order valence-electron chi connectivity index (χ1n) is 17.0. The molecule has 0 atom stereocenters. The smallest absolute Gasteiger partial charge is 0.0892 e. The summed E-state index contributed by atoms with van der Waals surface area (Å²) in [5.41, 5.74) is 18.0. The molecule has 0 unspecified atom stereocenters. The number of benzene rings is 4. The van der Waals surface area contributed by atoms with Crippen LogP contribution in [0, 0.1) is 0 Å². The van der Waals surface area contributed by atoms with Gasteiger partial charge in [-0.1, -0.05) is 100 Å². The van der Waals surface area contributed by atoms with Crippen LogP contribution >= 0.6 is 0 Å². The molecule has 8 rings (SSSR count). The van der Waals surface area contributed by atoms with Gasteiger partial charge >= 0.3 is 0 Å². The Balaban J connectivity index is 1.17. The highest BCUT2D eigenvalue weighted by Gasteiger charge is 2.41. The van der Waals surface area contributed by atoms with Crippen molar-refractivity contribution in [1.29, 1.82) is 0 Å². The molecular formula is C44H40N2. The largest absolute Gasteiger partial charge is 0.255 e. The van der Waals surface area contributed by atoms with Crippen molar-refractivity contribution in [3.63, 3.8) is 0 Å². The SMILES string of the molecule is CCC1(CC)c2ccccc2-c2ccc(-c3ccnc(-c4cc(-c5ccc6c(c5)C(CC)(CC)c5ccccc5-6)ccn4)c3)cc21. The molecule has 0 saturated carbocycles. The normalized spacial score (nSPS) is 14.8. The molecule has 2 aromatic heterocycles. The first kappa shape index (κ1) is 28.6. The standard InChI is InChI=1S/C44H40N2/c1-5-43(6-2)37-15-11-9-13-33(37)35-19-17-29(25-39(35)43)31-21-23-45-41(27-31)42-28-32(22-24-46-42)30-18-20-36-34-14-10-12-16-38(34)44(7-3,8-4)40(36)26-30/h9-28H,5-8H2,1-4H3. The van der Waals surface area contributed by atoms with Crippen molar-refractivity contribution < 1.29 is 0 Å². The van der Waals surface area contributed by atoms with E-state index in [0.717, 1.165) is 37.1 Å². The lowest BCUT2D eigenvalue weighted by Gasteiger charge is -2.30. The van der Waals surface area contributed by atoms with Gasteiger partial charge in [-0.3, -0.25) is 9.97 Å². The lowest BCUT2D eigenvalue weighted by molar-refractivity contribution is 0.490. The van der Waals surface area contributed by atoms with Crippen LogP contribution in [0.25, 0.3) is 55.9 Å². The summed E-state index contributed by atoms with van der Waals surface area (Å²) >= 11 is 0. The van der Waals surface area contributed by atoms with Crippen LogP contribution in [-0.2, 0) is 10.8 Å². The van der Waals surface area contributed by atoms with E-state index < -0.39 is 0 Å². The van der Waals surface area contributed by atoms with E-state index in [2.05, 4.69) is 137 Å². The number of pyridine rings is 2. The van der Waals surface area contributed by atoms with Gasteiger partial charge in [0.05, 0.1) is 11.4 Å². The average molecular weight is 597 g/mol. The maximum absolute atomic E-state index is 4.81. The second-order valence-corrected chi connectivity index (χ2v) is 13.0. The van der Waals surface area contributed by atoms with Crippen molar-refractivity contribution in [3.8, 4) is 55.9 Å². The van der Waals surface area contributed by atoms with Gasteiger partial charge in [0.1, 0.15) is 0 Å². The Kier molecular flexibility index (Phi) is 6.79. The van der Waals surface area contributed by atoms with Crippen molar-refractivity contribution in [2.75, 3.05) is 0 Å². The van der Waals surface area contributed by atoms with Crippen LogP contribution < -0.4 is 0 Å². The lowest BCUT2D eigenvalue weighted by atomic mass is 9.73. The lowest BCUT2D eigenvalue weighted by Crippen LogP contribution is -2.23. The molecule has 0 saturated heterocycles. The summed E-state index contributed by atoms with van der Waals surface area (Å²) in [4.78, 5) is 9.62. The zero-order valence-electron chi connectivity index (χ0n) is 27.3. The van der Waals surface area contributed by atoms with Crippen LogP contribution in [0.1, 0.15) is 75.6 Å². The Morgan fingerprint density at radius 2 is 0.761 bits per heavy atom. The third-order valence-electron chi connectivity index (χ3n) is 11.4. The quantitative estimate of drug-likeness (QED) is 0.183. The third kappa shape index (κ3) is 4.02. The Hall–Kier alpha value is -4.82. The molecule has 0 aliphatic heterocycles. The molecule has 0 spiro atoms. The fourth-order valence-corrected chi connectivity index (χ4v) is 8.79. The molecule has 0 amide bonds. The van der Waals surface area contributed by atoms with E-state index in [1.807, 2.05) is 12.4 Å². The zero-order valence-corrected chi connectivity index (χ0v) is 27.3. The molecule has 226 valence electrons. The number of fused-ring (bicyclic) bond motifs is 6. The van der Waals surface area contributed by atoms with E-state index >= 15 is 0 Å². The molecule has 2 heteroatoms. The molecule has 2 aliphatic carbocycles. The van der Waals surface area contributed by atoms with Crippen LogP contribution in [-0.4, -0.2) is 9.97 Å². The molecule has 6 aromatic rings. The third-order valence-corrected chi connectivity index (χ3v) is 11.4. The van der Waals surface area contributed by atoms with Crippen molar-refractivity contribution in [2.45, 2.75) is 64.2 Å². The van der Waals surface area contributed by atoms with E-state index in [0.29, 0.717) is 0 Å². The predicted octanol–water partition coefficient (Wildman–Crippen LogP) is 11.7. The number of aromatic nitrogens is 2. The molecule has 2 heterocycles. The topological polar surface area (TPSA) is 25.8 Å². The van der Waals surface area contributed by atoms with Gasteiger partial charge in [-0.05, 0) is 129 Å². The van der Waals surface area contributed by atoms with Crippen LogP contribution in [0.15, 0.2) is 122 Å². The highest BCUT2D eigenvalue weighted by atomic mass is 14.8. The highest BCUT2D eigenvalue weighted by molar-refractivity contribution is 5.86. The van der Waals surface area contributed by atoms with E-state index in [-0.39, 0.29) is 10.8 Å². The van der Waals surface area contributed by atoms with Gasteiger partial charge < -0.3 is 0 Å². The Morgan fingerprint density at radius 1 is 0.391 bits per heavy atom. The summed E-state index contributed by atoms with van der Waals surface area (Å²) in [5.74, 6) is 0. The second-order valence-electron chi connectivity index (χ2n) is 13.0. The van der Waals surface area contributed by atoms with Gasteiger partial charge in [0.25, 0.3) is 0 Å². The first-order valence-corrected chi connectivity index (χ1v) is 17.0. The molecule has 2 nitrogen and oxygen atoms in total. The summed E-state index contributed by atoms with van der Waals surface area (Å²) in [5, 5.41) is 0. The van der Waals surface area contributed by atoms with Crippen molar-refractivity contribution in [2.24, 2.45) is 0 Å². The van der Waals surface area contributed by atoms with Crippen LogP contribution in [0.5, 0.6) is 0 Å².